The van der Waals surface area contributed by atoms with Crippen LogP contribution >= 0.6 is 23.2 Å². The summed E-state index contributed by atoms with van der Waals surface area (Å²) in [6, 6.07) is 9.03. The van der Waals surface area contributed by atoms with Crippen LogP contribution in [0.3, 0.4) is 0 Å². The lowest BCUT2D eigenvalue weighted by Gasteiger charge is -2.27. The SMILES string of the molecule is O=C(Nc1ccc(Cl)c(Cl)c1)[C@@H]1[C@H](c2ccncc2)[C@H]2CC[C@@H]1O2. The number of ether oxygens (including phenoxy) is 1. The van der Waals surface area contributed by atoms with E-state index in [1.807, 2.05) is 12.1 Å². The lowest BCUT2D eigenvalue weighted by atomic mass is 9.75. The van der Waals surface area contributed by atoms with Crippen molar-refractivity contribution in [2.75, 3.05) is 5.32 Å². The van der Waals surface area contributed by atoms with Crippen molar-refractivity contribution in [2.45, 2.75) is 31.0 Å². The summed E-state index contributed by atoms with van der Waals surface area (Å²) in [5.41, 5.74) is 1.75. The molecule has 0 saturated carbocycles. The van der Waals surface area contributed by atoms with Gasteiger partial charge >= 0.3 is 0 Å². The molecule has 0 spiro atoms. The Morgan fingerprint density at radius 3 is 2.58 bits per heavy atom. The number of nitrogens with one attached hydrogen (secondary N) is 1. The Bertz CT molecular complexity index is 769. The molecule has 1 amide bonds. The quantitative estimate of drug-likeness (QED) is 0.885. The summed E-state index contributed by atoms with van der Waals surface area (Å²) >= 11 is 12.0. The minimum atomic E-state index is -0.208. The number of carbonyl (C=O) groups is 1. The molecule has 124 valence electrons. The van der Waals surface area contributed by atoms with Crippen LogP contribution in [0.15, 0.2) is 42.7 Å². The highest BCUT2D eigenvalue weighted by molar-refractivity contribution is 6.42. The Balaban J connectivity index is 1.59. The van der Waals surface area contributed by atoms with Gasteiger partial charge in [-0.25, -0.2) is 0 Å². The number of hydrogen-bond acceptors (Lipinski definition) is 3. The van der Waals surface area contributed by atoms with Gasteiger partial charge in [-0.05, 0) is 48.7 Å². The van der Waals surface area contributed by atoms with Crippen molar-refractivity contribution in [3.63, 3.8) is 0 Å². The first kappa shape index (κ1) is 15.9. The minimum Gasteiger partial charge on any atom is -0.373 e. The molecule has 2 bridgehead atoms. The zero-order chi connectivity index (χ0) is 16.7. The van der Waals surface area contributed by atoms with Gasteiger partial charge in [-0.2, -0.15) is 0 Å². The van der Waals surface area contributed by atoms with Crippen LogP contribution in [-0.2, 0) is 9.53 Å². The number of hydrogen-bond donors (Lipinski definition) is 1. The van der Waals surface area contributed by atoms with Crippen LogP contribution in [-0.4, -0.2) is 23.1 Å². The zero-order valence-electron chi connectivity index (χ0n) is 12.8. The Hall–Kier alpha value is -1.62. The number of pyridine rings is 1. The van der Waals surface area contributed by atoms with Crippen molar-refractivity contribution < 1.29 is 9.53 Å². The first-order valence-electron chi connectivity index (χ1n) is 7.95. The molecule has 1 aromatic carbocycles. The number of fused-ring (bicyclic) bond motifs is 2. The number of rotatable bonds is 3. The van der Waals surface area contributed by atoms with E-state index < -0.39 is 0 Å². The van der Waals surface area contributed by atoms with Crippen LogP contribution in [0.5, 0.6) is 0 Å². The Labute approximate surface area is 150 Å². The Morgan fingerprint density at radius 2 is 1.83 bits per heavy atom. The molecule has 2 saturated heterocycles. The number of aromatic nitrogens is 1. The highest BCUT2D eigenvalue weighted by Gasteiger charge is 2.52. The van der Waals surface area contributed by atoms with Crippen LogP contribution in [0.2, 0.25) is 10.0 Å². The molecule has 2 aliphatic rings. The second kappa shape index (κ2) is 6.36. The molecule has 6 heteroatoms. The normalized spacial score (nSPS) is 28.1. The molecular formula is C18H16Cl2N2O2. The van der Waals surface area contributed by atoms with Gasteiger partial charge in [0.05, 0.1) is 28.2 Å². The van der Waals surface area contributed by atoms with E-state index in [-0.39, 0.29) is 30.0 Å². The van der Waals surface area contributed by atoms with E-state index in [1.54, 1.807) is 30.6 Å². The molecule has 4 nitrogen and oxygen atoms in total. The Kier molecular flexibility index (Phi) is 4.21. The van der Waals surface area contributed by atoms with Gasteiger partial charge in [0, 0.05) is 24.0 Å². The molecule has 1 N–H and O–H groups in total. The summed E-state index contributed by atoms with van der Waals surface area (Å²) in [5, 5.41) is 3.84. The van der Waals surface area contributed by atoms with Crippen molar-refractivity contribution in [3.8, 4) is 0 Å². The first-order chi connectivity index (χ1) is 11.6. The summed E-state index contributed by atoms with van der Waals surface area (Å²) < 4.78 is 6.03. The van der Waals surface area contributed by atoms with Gasteiger partial charge in [0.2, 0.25) is 5.91 Å². The van der Waals surface area contributed by atoms with Crippen LogP contribution in [0, 0.1) is 5.92 Å². The third-order valence-electron chi connectivity index (χ3n) is 4.85. The van der Waals surface area contributed by atoms with Crippen molar-refractivity contribution >= 4 is 34.8 Å². The first-order valence-corrected chi connectivity index (χ1v) is 8.70. The van der Waals surface area contributed by atoms with Gasteiger partial charge in [-0.3, -0.25) is 9.78 Å². The van der Waals surface area contributed by atoms with Gasteiger partial charge in [0.15, 0.2) is 0 Å². The third-order valence-corrected chi connectivity index (χ3v) is 5.59. The van der Waals surface area contributed by atoms with Gasteiger partial charge in [0.25, 0.3) is 0 Å². The molecule has 2 fully saturated rings. The standard InChI is InChI=1S/C18H16Cl2N2O2/c19-12-2-1-11(9-13(12)20)22-18(23)17-15-4-3-14(24-15)16(17)10-5-7-21-8-6-10/h1-2,5-9,14-17H,3-4H2,(H,22,23)/t14-,15+,16-,17+/m1/s1. The van der Waals surface area contributed by atoms with E-state index in [0.717, 1.165) is 18.4 Å². The second-order valence-corrected chi connectivity index (χ2v) is 7.05. The fourth-order valence-electron chi connectivity index (χ4n) is 3.82. The summed E-state index contributed by atoms with van der Waals surface area (Å²) in [6.45, 7) is 0. The lowest BCUT2D eigenvalue weighted by molar-refractivity contribution is -0.121. The number of anilines is 1. The molecule has 0 aliphatic carbocycles. The highest BCUT2D eigenvalue weighted by Crippen LogP contribution is 2.49. The smallest absolute Gasteiger partial charge is 0.230 e. The molecular weight excluding hydrogens is 347 g/mol. The van der Waals surface area contributed by atoms with Crippen LogP contribution in [0.4, 0.5) is 5.69 Å². The van der Waals surface area contributed by atoms with E-state index in [2.05, 4.69) is 10.3 Å². The molecule has 4 rings (SSSR count). The van der Waals surface area contributed by atoms with Crippen molar-refractivity contribution in [2.24, 2.45) is 5.92 Å². The molecule has 2 aromatic rings. The summed E-state index contributed by atoms with van der Waals surface area (Å²) in [4.78, 5) is 17.0. The van der Waals surface area contributed by atoms with E-state index in [9.17, 15) is 4.79 Å². The second-order valence-electron chi connectivity index (χ2n) is 6.24. The van der Waals surface area contributed by atoms with Gasteiger partial charge in [-0.1, -0.05) is 23.2 Å². The minimum absolute atomic E-state index is 0.0315. The maximum absolute atomic E-state index is 12.9. The Morgan fingerprint density at radius 1 is 1.08 bits per heavy atom. The van der Waals surface area contributed by atoms with Crippen LogP contribution in [0.25, 0.3) is 0 Å². The van der Waals surface area contributed by atoms with Crippen LogP contribution < -0.4 is 5.32 Å². The predicted octanol–water partition coefficient (Wildman–Crippen LogP) is 4.29. The largest absolute Gasteiger partial charge is 0.373 e. The molecule has 3 heterocycles. The van der Waals surface area contributed by atoms with Crippen molar-refractivity contribution in [3.05, 3.63) is 58.3 Å². The molecule has 1 aromatic heterocycles. The fourth-order valence-corrected chi connectivity index (χ4v) is 4.12. The number of amides is 1. The van der Waals surface area contributed by atoms with Gasteiger partial charge < -0.3 is 10.1 Å². The van der Waals surface area contributed by atoms with Crippen LogP contribution in [0.1, 0.15) is 24.3 Å². The van der Waals surface area contributed by atoms with Gasteiger partial charge in [0.1, 0.15) is 0 Å². The number of nitrogens with zero attached hydrogens (tertiary/aromatic N) is 1. The number of carbonyl (C=O) groups excluding carboxylic acids is 1. The number of benzene rings is 1. The predicted molar refractivity (Wildman–Crippen MR) is 93.5 cm³/mol. The number of halogens is 2. The molecule has 0 radical (unpaired) electrons. The molecule has 4 atom stereocenters. The summed E-state index contributed by atoms with van der Waals surface area (Å²) in [5.74, 6) is -0.183. The topological polar surface area (TPSA) is 51.2 Å². The molecule has 2 aliphatic heterocycles. The van der Waals surface area contributed by atoms with E-state index in [4.69, 9.17) is 27.9 Å². The molecule has 0 unspecified atom stereocenters. The van der Waals surface area contributed by atoms with Crippen molar-refractivity contribution in [1.29, 1.82) is 0 Å². The zero-order valence-corrected chi connectivity index (χ0v) is 14.3. The third kappa shape index (κ3) is 2.79. The average molecular weight is 363 g/mol. The monoisotopic (exact) mass is 362 g/mol. The molecule has 24 heavy (non-hydrogen) atoms. The van der Waals surface area contributed by atoms with E-state index in [1.165, 1.54) is 0 Å². The van der Waals surface area contributed by atoms with E-state index in [0.29, 0.717) is 15.7 Å². The van der Waals surface area contributed by atoms with Crippen molar-refractivity contribution in [1.82, 2.24) is 4.98 Å². The maximum Gasteiger partial charge on any atom is 0.230 e. The lowest BCUT2D eigenvalue weighted by Crippen LogP contribution is -2.36. The summed E-state index contributed by atoms with van der Waals surface area (Å²) in [6.07, 6.45) is 5.50. The summed E-state index contributed by atoms with van der Waals surface area (Å²) in [7, 11) is 0. The van der Waals surface area contributed by atoms with Gasteiger partial charge in [-0.15, -0.1) is 0 Å². The van der Waals surface area contributed by atoms with E-state index >= 15 is 0 Å². The average Bonchev–Trinajstić information content (AvgIpc) is 3.20. The maximum atomic E-state index is 12.9. The highest BCUT2D eigenvalue weighted by atomic mass is 35.5. The fraction of sp³-hybridized carbons (Fsp3) is 0.333.